The smallest absolute Gasteiger partial charge is 0.244 e. The monoisotopic (exact) mass is 323 g/mol. The van der Waals surface area contributed by atoms with Gasteiger partial charge < -0.3 is 0 Å². The molecular formula is C13H17N5O3S. The third kappa shape index (κ3) is 2.81. The van der Waals surface area contributed by atoms with E-state index >= 15 is 0 Å². The number of rotatable bonds is 3. The zero-order valence-corrected chi connectivity index (χ0v) is 13.0. The van der Waals surface area contributed by atoms with Gasteiger partial charge in [0.2, 0.25) is 10.0 Å². The summed E-state index contributed by atoms with van der Waals surface area (Å²) in [6.07, 6.45) is 2.31. The molecule has 1 aliphatic rings. The van der Waals surface area contributed by atoms with Gasteiger partial charge in [-0.05, 0) is 35.4 Å². The lowest BCUT2D eigenvalue weighted by molar-refractivity contribution is 0.256. The second kappa shape index (κ2) is 5.65. The van der Waals surface area contributed by atoms with Crippen LogP contribution in [0.25, 0.3) is 5.69 Å². The Morgan fingerprint density at radius 2 is 1.73 bits per heavy atom. The molecule has 0 atom stereocenters. The Morgan fingerprint density at radius 1 is 1.09 bits per heavy atom. The van der Waals surface area contributed by atoms with Crippen molar-refractivity contribution in [2.45, 2.75) is 18.9 Å². The summed E-state index contributed by atoms with van der Waals surface area (Å²) in [6.45, 7) is 0.794. The maximum absolute atomic E-state index is 12.4. The summed E-state index contributed by atoms with van der Waals surface area (Å²) in [7, 11) is -3.17. The fraction of sp³-hybridized carbons (Fsp3) is 0.462. The highest BCUT2D eigenvalue weighted by Gasteiger charge is 2.28. The number of sulfonamides is 1. The molecule has 0 aliphatic carbocycles. The van der Waals surface area contributed by atoms with Gasteiger partial charge in [0.05, 0.1) is 18.0 Å². The van der Waals surface area contributed by atoms with Crippen LogP contribution in [0.4, 0.5) is 0 Å². The summed E-state index contributed by atoms with van der Waals surface area (Å²) in [6, 6.07) is 8.96. The predicted octanol–water partition coefficient (Wildman–Crippen LogP) is 0.0255. The fourth-order valence-electron chi connectivity index (χ4n) is 2.64. The molecule has 0 unspecified atom stereocenters. The van der Waals surface area contributed by atoms with Gasteiger partial charge in [0.15, 0.2) is 0 Å². The van der Waals surface area contributed by atoms with E-state index in [1.807, 2.05) is 18.2 Å². The summed E-state index contributed by atoms with van der Waals surface area (Å²) in [5.41, 5.74) is 0.358. The summed E-state index contributed by atoms with van der Waals surface area (Å²) in [4.78, 5) is 12.4. The van der Waals surface area contributed by atoms with Crippen molar-refractivity contribution >= 4 is 10.0 Å². The molecule has 0 radical (unpaired) electrons. The molecule has 2 heterocycles. The van der Waals surface area contributed by atoms with Crippen LogP contribution in [0.1, 0.15) is 18.9 Å². The van der Waals surface area contributed by atoms with Crippen LogP contribution in [0.2, 0.25) is 0 Å². The normalized spacial score (nSPS) is 17.7. The summed E-state index contributed by atoms with van der Waals surface area (Å²) in [5.74, 6) is 0. The van der Waals surface area contributed by atoms with Crippen molar-refractivity contribution in [1.29, 1.82) is 0 Å². The van der Waals surface area contributed by atoms with Gasteiger partial charge in [-0.25, -0.2) is 17.5 Å². The second-order valence-corrected chi connectivity index (χ2v) is 7.33. The molecule has 9 heteroatoms. The molecule has 118 valence electrons. The van der Waals surface area contributed by atoms with E-state index in [9.17, 15) is 13.2 Å². The van der Waals surface area contributed by atoms with E-state index in [2.05, 4.69) is 10.4 Å². The highest BCUT2D eigenvalue weighted by atomic mass is 32.2. The molecule has 0 N–H and O–H groups in total. The number of para-hydroxylation sites is 1. The molecule has 0 saturated carbocycles. The molecule has 8 nitrogen and oxygen atoms in total. The standard InChI is InChI=1S/C13H17N5O3S/c1-22(20,21)16-9-7-12(8-10-16)18-13(19)17(14-15-18)11-5-3-2-4-6-11/h2-6,12H,7-10H2,1H3. The van der Waals surface area contributed by atoms with Gasteiger partial charge in [-0.2, -0.15) is 9.36 Å². The number of piperidine rings is 1. The van der Waals surface area contributed by atoms with Crippen LogP contribution in [0, 0.1) is 0 Å². The van der Waals surface area contributed by atoms with E-state index in [4.69, 9.17) is 0 Å². The Balaban J connectivity index is 1.81. The third-order valence-corrected chi connectivity index (χ3v) is 5.15. The molecule has 3 rings (SSSR count). The Hall–Kier alpha value is -2.00. The number of hydrogen-bond acceptors (Lipinski definition) is 5. The van der Waals surface area contributed by atoms with Crippen LogP contribution >= 0.6 is 0 Å². The minimum Gasteiger partial charge on any atom is -0.244 e. The molecule has 0 spiro atoms. The number of benzene rings is 1. The van der Waals surface area contributed by atoms with Crippen molar-refractivity contribution in [3.8, 4) is 5.69 Å². The number of tetrazole rings is 1. The fourth-order valence-corrected chi connectivity index (χ4v) is 3.51. The summed E-state index contributed by atoms with van der Waals surface area (Å²) < 4.78 is 27.1. The molecule has 1 aliphatic heterocycles. The quantitative estimate of drug-likeness (QED) is 0.794. The van der Waals surface area contributed by atoms with E-state index in [1.165, 1.54) is 19.9 Å². The maximum Gasteiger partial charge on any atom is 0.368 e. The van der Waals surface area contributed by atoms with Gasteiger partial charge in [-0.3, -0.25) is 0 Å². The number of aromatic nitrogens is 4. The van der Waals surface area contributed by atoms with Crippen LogP contribution in [0.15, 0.2) is 35.1 Å². The van der Waals surface area contributed by atoms with E-state index in [0.29, 0.717) is 31.6 Å². The van der Waals surface area contributed by atoms with Gasteiger partial charge in [0, 0.05) is 13.1 Å². The lowest BCUT2D eigenvalue weighted by Gasteiger charge is -2.29. The number of hydrogen-bond donors (Lipinski definition) is 0. The zero-order chi connectivity index (χ0) is 15.7. The Labute approximate surface area is 128 Å². The van der Waals surface area contributed by atoms with Gasteiger partial charge in [0.1, 0.15) is 0 Å². The van der Waals surface area contributed by atoms with Crippen LogP contribution in [0.3, 0.4) is 0 Å². The van der Waals surface area contributed by atoms with Crippen LogP contribution in [-0.2, 0) is 10.0 Å². The molecule has 2 aromatic rings. The third-order valence-electron chi connectivity index (χ3n) is 3.84. The molecule has 0 amide bonds. The predicted molar refractivity (Wildman–Crippen MR) is 80.3 cm³/mol. The first-order valence-corrected chi connectivity index (χ1v) is 8.87. The zero-order valence-electron chi connectivity index (χ0n) is 12.2. The SMILES string of the molecule is CS(=O)(=O)N1CCC(n2nnn(-c3ccccc3)c2=O)CC1. The van der Waals surface area contributed by atoms with Gasteiger partial charge in [0.25, 0.3) is 0 Å². The van der Waals surface area contributed by atoms with Crippen molar-refractivity contribution < 1.29 is 8.42 Å². The average molecular weight is 323 g/mol. The Morgan fingerprint density at radius 3 is 2.32 bits per heavy atom. The average Bonchev–Trinajstić information content (AvgIpc) is 2.89. The molecule has 1 fully saturated rings. The minimum atomic E-state index is -3.17. The van der Waals surface area contributed by atoms with Gasteiger partial charge in [-0.15, -0.1) is 0 Å². The van der Waals surface area contributed by atoms with Crippen LogP contribution in [0.5, 0.6) is 0 Å². The molecule has 1 aromatic carbocycles. The minimum absolute atomic E-state index is 0.122. The van der Waals surface area contributed by atoms with E-state index in [1.54, 1.807) is 12.1 Å². The van der Waals surface area contributed by atoms with Crippen molar-refractivity contribution in [3.05, 3.63) is 40.8 Å². The maximum atomic E-state index is 12.4. The molecule has 0 bridgehead atoms. The first kappa shape index (κ1) is 14.9. The van der Waals surface area contributed by atoms with E-state index < -0.39 is 10.0 Å². The van der Waals surface area contributed by atoms with Crippen molar-refractivity contribution in [1.82, 2.24) is 24.1 Å². The molecule has 22 heavy (non-hydrogen) atoms. The number of nitrogens with zero attached hydrogens (tertiary/aromatic N) is 5. The lowest BCUT2D eigenvalue weighted by atomic mass is 10.1. The highest BCUT2D eigenvalue weighted by molar-refractivity contribution is 7.88. The Kier molecular flexibility index (Phi) is 3.83. The molecule has 1 saturated heterocycles. The molecular weight excluding hydrogens is 306 g/mol. The largest absolute Gasteiger partial charge is 0.368 e. The van der Waals surface area contributed by atoms with E-state index in [0.717, 1.165) is 0 Å². The highest BCUT2D eigenvalue weighted by Crippen LogP contribution is 2.21. The van der Waals surface area contributed by atoms with Crippen LogP contribution in [-0.4, -0.2) is 51.9 Å². The van der Waals surface area contributed by atoms with Gasteiger partial charge in [-0.1, -0.05) is 18.2 Å². The lowest BCUT2D eigenvalue weighted by Crippen LogP contribution is -2.40. The topological polar surface area (TPSA) is 90.1 Å². The van der Waals surface area contributed by atoms with E-state index in [-0.39, 0.29) is 11.7 Å². The molecule has 1 aromatic heterocycles. The van der Waals surface area contributed by atoms with Gasteiger partial charge >= 0.3 is 5.69 Å². The second-order valence-electron chi connectivity index (χ2n) is 5.35. The Bertz CT molecular complexity index is 804. The first-order chi connectivity index (χ1) is 10.5. The van der Waals surface area contributed by atoms with Crippen LogP contribution < -0.4 is 5.69 Å². The van der Waals surface area contributed by atoms with Crippen molar-refractivity contribution in [2.75, 3.05) is 19.3 Å². The van der Waals surface area contributed by atoms with Crippen molar-refractivity contribution in [3.63, 3.8) is 0 Å². The summed E-state index contributed by atoms with van der Waals surface area (Å²) >= 11 is 0. The van der Waals surface area contributed by atoms with Crippen molar-refractivity contribution in [2.24, 2.45) is 0 Å². The first-order valence-electron chi connectivity index (χ1n) is 7.02. The summed E-state index contributed by atoms with van der Waals surface area (Å²) in [5, 5.41) is 7.87.